The summed E-state index contributed by atoms with van der Waals surface area (Å²) in [5, 5.41) is 3.34. The fourth-order valence-electron chi connectivity index (χ4n) is 2.05. The third-order valence-corrected chi connectivity index (χ3v) is 3.38. The highest BCUT2D eigenvalue weighted by Gasteiger charge is 2.36. The number of hydrogen-bond donors (Lipinski definition) is 2. The van der Waals surface area contributed by atoms with Crippen molar-refractivity contribution in [3.63, 3.8) is 0 Å². The van der Waals surface area contributed by atoms with E-state index in [-0.39, 0.29) is 5.60 Å². The van der Waals surface area contributed by atoms with Gasteiger partial charge in [0.05, 0.1) is 17.5 Å². The van der Waals surface area contributed by atoms with E-state index in [1.807, 2.05) is 13.0 Å². The van der Waals surface area contributed by atoms with E-state index in [4.69, 9.17) is 10.5 Å². The molecule has 0 bridgehead atoms. The molecule has 3 N–H and O–H groups in total. The molecule has 1 aliphatic carbocycles. The van der Waals surface area contributed by atoms with Gasteiger partial charge in [-0.15, -0.1) is 0 Å². The molecule has 16 heavy (non-hydrogen) atoms. The van der Waals surface area contributed by atoms with E-state index < -0.39 is 0 Å². The predicted octanol–water partition coefficient (Wildman–Crippen LogP) is 1.95. The van der Waals surface area contributed by atoms with Gasteiger partial charge in [-0.05, 0) is 37.8 Å². The van der Waals surface area contributed by atoms with Crippen molar-refractivity contribution < 1.29 is 4.74 Å². The van der Waals surface area contributed by atoms with Gasteiger partial charge in [0.1, 0.15) is 5.82 Å². The van der Waals surface area contributed by atoms with Crippen molar-refractivity contribution in [1.82, 2.24) is 4.98 Å². The second kappa shape index (κ2) is 4.29. The van der Waals surface area contributed by atoms with Gasteiger partial charge in [0, 0.05) is 13.7 Å². The molecule has 1 heterocycles. The van der Waals surface area contributed by atoms with Crippen LogP contribution >= 0.6 is 0 Å². The molecule has 88 valence electrons. The van der Waals surface area contributed by atoms with Crippen LogP contribution in [0, 0.1) is 6.92 Å². The van der Waals surface area contributed by atoms with Crippen LogP contribution in [0.1, 0.15) is 24.8 Å². The Morgan fingerprint density at radius 1 is 1.56 bits per heavy atom. The maximum absolute atomic E-state index is 5.66. The third kappa shape index (κ3) is 2.11. The van der Waals surface area contributed by atoms with E-state index in [1.54, 1.807) is 13.3 Å². The third-order valence-electron chi connectivity index (χ3n) is 3.38. The number of ether oxygens (including phenoxy) is 1. The number of anilines is 2. The second-order valence-corrected chi connectivity index (χ2v) is 4.53. The van der Waals surface area contributed by atoms with Crippen LogP contribution in [0.25, 0.3) is 0 Å². The largest absolute Gasteiger partial charge is 0.397 e. The Morgan fingerprint density at radius 3 is 2.81 bits per heavy atom. The number of nitrogen functional groups attached to an aromatic ring is 1. The summed E-state index contributed by atoms with van der Waals surface area (Å²) in [6.07, 6.45) is 5.19. The summed E-state index contributed by atoms with van der Waals surface area (Å²) in [5.41, 5.74) is 7.46. The quantitative estimate of drug-likeness (QED) is 0.816. The molecular weight excluding hydrogens is 202 g/mol. The highest BCUT2D eigenvalue weighted by atomic mass is 16.5. The lowest BCUT2D eigenvalue weighted by Gasteiger charge is -2.40. The number of hydrogen-bond acceptors (Lipinski definition) is 4. The lowest BCUT2D eigenvalue weighted by Crippen LogP contribution is -2.45. The lowest BCUT2D eigenvalue weighted by molar-refractivity contribution is -0.0601. The molecule has 1 fully saturated rings. The van der Waals surface area contributed by atoms with Gasteiger partial charge >= 0.3 is 0 Å². The number of pyridine rings is 1. The monoisotopic (exact) mass is 221 g/mol. The summed E-state index contributed by atoms with van der Waals surface area (Å²) >= 11 is 0. The molecule has 0 unspecified atom stereocenters. The lowest BCUT2D eigenvalue weighted by atomic mass is 9.80. The van der Waals surface area contributed by atoms with Crippen LogP contribution in [0.5, 0.6) is 0 Å². The number of methoxy groups -OCH3 is 1. The van der Waals surface area contributed by atoms with E-state index in [2.05, 4.69) is 10.3 Å². The Morgan fingerprint density at radius 2 is 2.31 bits per heavy atom. The first kappa shape index (κ1) is 11.2. The molecule has 0 spiro atoms. The zero-order valence-electron chi connectivity index (χ0n) is 9.92. The molecule has 0 atom stereocenters. The van der Waals surface area contributed by atoms with Crippen LogP contribution in [0.4, 0.5) is 11.5 Å². The smallest absolute Gasteiger partial charge is 0.129 e. The zero-order chi connectivity index (χ0) is 11.6. The van der Waals surface area contributed by atoms with Crippen molar-refractivity contribution >= 4 is 11.5 Å². The number of rotatable bonds is 4. The highest BCUT2D eigenvalue weighted by molar-refractivity contribution is 5.50. The molecule has 2 rings (SSSR count). The summed E-state index contributed by atoms with van der Waals surface area (Å²) in [6.45, 7) is 2.83. The first-order chi connectivity index (χ1) is 7.65. The average Bonchev–Trinajstić information content (AvgIpc) is 2.19. The Kier molecular flexibility index (Phi) is 3.01. The average molecular weight is 221 g/mol. The van der Waals surface area contributed by atoms with Crippen LogP contribution in [-0.4, -0.2) is 24.2 Å². The number of nitrogens with zero attached hydrogens (tertiary/aromatic N) is 1. The van der Waals surface area contributed by atoms with E-state index >= 15 is 0 Å². The van der Waals surface area contributed by atoms with Crippen LogP contribution in [0.2, 0.25) is 0 Å². The zero-order valence-corrected chi connectivity index (χ0v) is 9.92. The van der Waals surface area contributed by atoms with Gasteiger partial charge < -0.3 is 15.8 Å². The van der Waals surface area contributed by atoms with Crippen molar-refractivity contribution in [1.29, 1.82) is 0 Å². The van der Waals surface area contributed by atoms with Crippen LogP contribution < -0.4 is 11.1 Å². The van der Waals surface area contributed by atoms with E-state index in [0.717, 1.165) is 30.8 Å². The fraction of sp³-hybridized carbons (Fsp3) is 0.583. The molecule has 0 saturated heterocycles. The van der Waals surface area contributed by atoms with Crippen molar-refractivity contribution in [3.8, 4) is 0 Å². The van der Waals surface area contributed by atoms with E-state index in [1.165, 1.54) is 6.42 Å². The minimum absolute atomic E-state index is 0.0233. The van der Waals surface area contributed by atoms with Crippen LogP contribution in [-0.2, 0) is 4.74 Å². The highest BCUT2D eigenvalue weighted by Crippen LogP contribution is 2.35. The number of nitrogens with two attached hydrogens (primary N) is 1. The molecule has 1 aromatic heterocycles. The topological polar surface area (TPSA) is 60.2 Å². The Bertz CT molecular complexity index is 369. The molecule has 1 saturated carbocycles. The SMILES string of the molecule is COC1(CNc2ncc(N)cc2C)CCC1. The standard InChI is InChI=1S/C12H19N3O/c1-9-6-10(13)7-14-11(9)15-8-12(16-2)4-3-5-12/h6-7H,3-5,8,13H2,1-2H3,(H,14,15). The second-order valence-electron chi connectivity index (χ2n) is 4.53. The molecule has 0 aliphatic heterocycles. The summed E-state index contributed by atoms with van der Waals surface area (Å²) in [6, 6.07) is 1.93. The summed E-state index contributed by atoms with van der Waals surface area (Å²) in [7, 11) is 1.78. The normalized spacial score (nSPS) is 17.9. The summed E-state index contributed by atoms with van der Waals surface area (Å²) < 4.78 is 5.54. The first-order valence-electron chi connectivity index (χ1n) is 5.66. The van der Waals surface area contributed by atoms with E-state index in [9.17, 15) is 0 Å². The number of aromatic nitrogens is 1. The Labute approximate surface area is 96.2 Å². The van der Waals surface area contributed by atoms with Crippen molar-refractivity contribution in [2.45, 2.75) is 31.8 Å². The van der Waals surface area contributed by atoms with Gasteiger partial charge in [0.15, 0.2) is 0 Å². The van der Waals surface area contributed by atoms with E-state index in [0.29, 0.717) is 5.69 Å². The summed E-state index contributed by atoms with van der Waals surface area (Å²) in [5.74, 6) is 0.900. The number of aryl methyl sites for hydroxylation is 1. The Balaban J connectivity index is 1.99. The molecular formula is C12H19N3O. The van der Waals surface area contributed by atoms with Gasteiger partial charge in [-0.2, -0.15) is 0 Å². The van der Waals surface area contributed by atoms with Gasteiger partial charge in [0.2, 0.25) is 0 Å². The van der Waals surface area contributed by atoms with Crippen molar-refractivity contribution in [2.75, 3.05) is 24.7 Å². The maximum atomic E-state index is 5.66. The Hall–Kier alpha value is -1.29. The molecule has 1 aromatic rings. The fourth-order valence-corrected chi connectivity index (χ4v) is 2.05. The number of nitrogens with one attached hydrogen (secondary N) is 1. The van der Waals surface area contributed by atoms with Crippen molar-refractivity contribution in [2.24, 2.45) is 0 Å². The minimum Gasteiger partial charge on any atom is -0.397 e. The minimum atomic E-state index is 0.0233. The van der Waals surface area contributed by atoms with Gasteiger partial charge in [-0.3, -0.25) is 0 Å². The predicted molar refractivity (Wildman–Crippen MR) is 65.5 cm³/mol. The van der Waals surface area contributed by atoms with Gasteiger partial charge in [0.25, 0.3) is 0 Å². The molecule has 1 aliphatic rings. The van der Waals surface area contributed by atoms with Crippen molar-refractivity contribution in [3.05, 3.63) is 17.8 Å². The molecule has 0 radical (unpaired) electrons. The summed E-state index contributed by atoms with van der Waals surface area (Å²) in [4.78, 5) is 4.28. The molecule has 0 amide bonds. The first-order valence-corrected chi connectivity index (χ1v) is 5.66. The molecule has 0 aromatic carbocycles. The van der Waals surface area contributed by atoms with Crippen LogP contribution in [0.3, 0.4) is 0 Å². The maximum Gasteiger partial charge on any atom is 0.129 e. The van der Waals surface area contributed by atoms with Crippen LogP contribution in [0.15, 0.2) is 12.3 Å². The molecule has 4 nitrogen and oxygen atoms in total. The van der Waals surface area contributed by atoms with Gasteiger partial charge in [-0.1, -0.05) is 0 Å². The van der Waals surface area contributed by atoms with Gasteiger partial charge in [-0.25, -0.2) is 4.98 Å². The molecule has 4 heteroatoms.